The molecule has 0 saturated heterocycles. The monoisotopic (exact) mass is 278 g/mol. The number of rotatable bonds is 1. The average molecular weight is 279 g/mol. The summed E-state index contributed by atoms with van der Waals surface area (Å²) < 4.78 is 0. The number of aromatic amines is 1. The van der Waals surface area contributed by atoms with Crippen LogP contribution in [0, 0.1) is 0 Å². The molecule has 0 unspecified atom stereocenters. The molecule has 3 heteroatoms. The van der Waals surface area contributed by atoms with Crippen LogP contribution < -0.4 is 0 Å². The SMILES string of the molecule is Clc1ccc2nc(-c3cccc4ccccc34)[nH]c2c1. The second kappa shape index (κ2) is 4.36. The molecule has 0 amide bonds. The van der Waals surface area contributed by atoms with Crippen LogP contribution in [0.2, 0.25) is 5.02 Å². The molecule has 1 aromatic heterocycles. The molecule has 3 aromatic carbocycles. The molecule has 0 atom stereocenters. The van der Waals surface area contributed by atoms with Gasteiger partial charge in [0, 0.05) is 10.6 Å². The third-order valence-corrected chi connectivity index (χ3v) is 3.72. The van der Waals surface area contributed by atoms with Gasteiger partial charge in [0.25, 0.3) is 0 Å². The fourth-order valence-electron chi connectivity index (χ4n) is 2.54. The first-order valence-electron chi connectivity index (χ1n) is 6.45. The number of nitrogens with zero attached hydrogens (tertiary/aromatic N) is 1. The Bertz CT molecular complexity index is 919. The fourth-order valence-corrected chi connectivity index (χ4v) is 2.71. The molecule has 0 aliphatic heterocycles. The largest absolute Gasteiger partial charge is 0.338 e. The van der Waals surface area contributed by atoms with Crippen LogP contribution in [0.1, 0.15) is 0 Å². The van der Waals surface area contributed by atoms with Gasteiger partial charge < -0.3 is 4.98 Å². The molecule has 0 saturated carbocycles. The van der Waals surface area contributed by atoms with E-state index in [4.69, 9.17) is 11.6 Å². The Balaban J connectivity index is 2.01. The van der Waals surface area contributed by atoms with E-state index in [0.717, 1.165) is 22.4 Å². The van der Waals surface area contributed by atoms with Crippen molar-refractivity contribution in [3.63, 3.8) is 0 Å². The zero-order valence-electron chi connectivity index (χ0n) is 10.6. The number of aromatic nitrogens is 2. The van der Waals surface area contributed by atoms with E-state index in [2.05, 4.69) is 40.3 Å². The molecule has 1 N–H and O–H groups in total. The van der Waals surface area contributed by atoms with Crippen molar-refractivity contribution in [3.05, 3.63) is 65.7 Å². The first-order valence-corrected chi connectivity index (χ1v) is 6.82. The summed E-state index contributed by atoms with van der Waals surface area (Å²) in [6.07, 6.45) is 0. The highest BCUT2D eigenvalue weighted by molar-refractivity contribution is 6.31. The van der Waals surface area contributed by atoms with Crippen LogP contribution in [0.25, 0.3) is 33.2 Å². The standard InChI is InChI=1S/C17H11ClN2/c18-12-8-9-15-16(10-12)20-17(19-15)14-7-3-5-11-4-1-2-6-13(11)14/h1-10H,(H,19,20). The van der Waals surface area contributed by atoms with Crippen molar-refractivity contribution in [2.45, 2.75) is 0 Å². The zero-order valence-corrected chi connectivity index (χ0v) is 11.4. The van der Waals surface area contributed by atoms with Gasteiger partial charge in [0.2, 0.25) is 0 Å². The third-order valence-electron chi connectivity index (χ3n) is 3.49. The van der Waals surface area contributed by atoms with Crippen LogP contribution in [-0.4, -0.2) is 9.97 Å². The van der Waals surface area contributed by atoms with Crippen molar-refractivity contribution in [1.29, 1.82) is 0 Å². The lowest BCUT2D eigenvalue weighted by Crippen LogP contribution is -1.82. The number of hydrogen-bond donors (Lipinski definition) is 1. The summed E-state index contributed by atoms with van der Waals surface area (Å²) >= 11 is 6.02. The number of halogens is 1. The molecule has 2 nitrogen and oxygen atoms in total. The van der Waals surface area contributed by atoms with Gasteiger partial charge in [0.15, 0.2) is 0 Å². The molecule has 0 bridgehead atoms. The van der Waals surface area contributed by atoms with Crippen molar-refractivity contribution in [2.24, 2.45) is 0 Å². The van der Waals surface area contributed by atoms with E-state index in [1.165, 1.54) is 10.8 Å². The molecule has 0 fully saturated rings. The van der Waals surface area contributed by atoms with E-state index in [1.807, 2.05) is 30.3 Å². The topological polar surface area (TPSA) is 28.7 Å². The second-order valence-electron chi connectivity index (χ2n) is 4.77. The Morgan fingerprint density at radius 1 is 0.900 bits per heavy atom. The third kappa shape index (κ3) is 1.77. The van der Waals surface area contributed by atoms with E-state index in [9.17, 15) is 0 Å². The Hall–Kier alpha value is -2.32. The highest BCUT2D eigenvalue weighted by atomic mass is 35.5. The van der Waals surface area contributed by atoms with E-state index in [-0.39, 0.29) is 0 Å². The predicted octanol–water partition coefficient (Wildman–Crippen LogP) is 5.04. The average Bonchev–Trinajstić information content (AvgIpc) is 2.89. The molecular formula is C17H11ClN2. The van der Waals surface area contributed by atoms with Gasteiger partial charge in [-0.15, -0.1) is 0 Å². The van der Waals surface area contributed by atoms with Gasteiger partial charge in [-0.3, -0.25) is 0 Å². The minimum absolute atomic E-state index is 0.714. The first-order chi connectivity index (χ1) is 9.81. The maximum Gasteiger partial charge on any atom is 0.139 e. The van der Waals surface area contributed by atoms with Crippen LogP contribution in [-0.2, 0) is 0 Å². The van der Waals surface area contributed by atoms with Gasteiger partial charge in [0.05, 0.1) is 11.0 Å². The maximum absolute atomic E-state index is 6.02. The van der Waals surface area contributed by atoms with E-state index < -0.39 is 0 Å². The van der Waals surface area contributed by atoms with Gasteiger partial charge in [-0.25, -0.2) is 4.98 Å². The van der Waals surface area contributed by atoms with Crippen LogP contribution in [0.3, 0.4) is 0 Å². The van der Waals surface area contributed by atoms with E-state index in [0.29, 0.717) is 5.02 Å². The van der Waals surface area contributed by atoms with Gasteiger partial charge in [0.1, 0.15) is 5.82 Å². The quantitative estimate of drug-likeness (QED) is 0.519. The smallest absolute Gasteiger partial charge is 0.139 e. The Morgan fingerprint density at radius 2 is 1.75 bits per heavy atom. The number of benzene rings is 3. The Kier molecular flexibility index (Phi) is 2.51. The van der Waals surface area contributed by atoms with Crippen LogP contribution in [0.5, 0.6) is 0 Å². The van der Waals surface area contributed by atoms with Gasteiger partial charge in [-0.05, 0) is 29.0 Å². The molecular weight excluding hydrogens is 268 g/mol. The normalized spacial score (nSPS) is 11.2. The van der Waals surface area contributed by atoms with Crippen molar-refractivity contribution in [3.8, 4) is 11.4 Å². The maximum atomic E-state index is 6.02. The fraction of sp³-hybridized carbons (Fsp3) is 0. The Morgan fingerprint density at radius 3 is 2.70 bits per heavy atom. The summed E-state index contributed by atoms with van der Waals surface area (Å²) in [7, 11) is 0. The summed E-state index contributed by atoms with van der Waals surface area (Å²) in [5.41, 5.74) is 2.99. The minimum atomic E-state index is 0.714. The zero-order chi connectivity index (χ0) is 13.5. The summed E-state index contributed by atoms with van der Waals surface area (Å²) in [5, 5.41) is 3.12. The molecule has 1 heterocycles. The first kappa shape index (κ1) is 11.5. The van der Waals surface area contributed by atoms with Crippen LogP contribution >= 0.6 is 11.6 Å². The Labute approximate surface area is 121 Å². The molecule has 0 aliphatic carbocycles. The molecule has 0 radical (unpaired) electrons. The van der Waals surface area contributed by atoms with Crippen molar-refractivity contribution >= 4 is 33.4 Å². The number of hydrogen-bond acceptors (Lipinski definition) is 1. The van der Waals surface area contributed by atoms with Crippen molar-refractivity contribution in [2.75, 3.05) is 0 Å². The second-order valence-corrected chi connectivity index (χ2v) is 5.21. The molecule has 4 aromatic rings. The van der Waals surface area contributed by atoms with Crippen molar-refractivity contribution < 1.29 is 0 Å². The summed E-state index contributed by atoms with van der Waals surface area (Å²) in [6.45, 7) is 0. The summed E-state index contributed by atoms with van der Waals surface area (Å²) in [4.78, 5) is 8.01. The predicted molar refractivity (Wildman–Crippen MR) is 84.0 cm³/mol. The van der Waals surface area contributed by atoms with Gasteiger partial charge >= 0.3 is 0 Å². The van der Waals surface area contributed by atoms with E-state index >= 15 is 0 Å². The highest BCUT2D eigenvalue weighted by Crippen LogP contribution is 2.28. The summed E-state index contributed by atoms with van der Waals surface area (Å²) in [5.74, 6) is 0.874. The number of nitrogens with one attached hydrogen (secondary N) is 1. The van der Waals surface area contributed by atoms with Crippen LogP contribution in [0.4, 0.5) is 0 Å². The lowest BCUT2D eigenvalue weighted by atomic mass is 10.0. The molecule has 4 rings (SSSR count). The van der Waals surface area contributed by atoms with Crippen molar-refractivity contribution in [1.82, 2.24) is 9.97 Å². The molecule has 0 spiro atoms. The molecule has 96 valence electrons. The highest BCUT2D eigenvalue weighted by Gasteiger charge is 2.08. The molecule has 20 heavy (non-hydrogen) atoms. The lowest BCUT2D eigenvalue weighted by Gasteiger charge is -2.03. The lowest BCUT2D eigenvalue weighted by molar-refractivity contribution is 1.35. The van der Waals surface area contributed by atoms with Gasteiger partial charge in [-0.2, -0.15) is 0 Å². The van der Waals surface area contributed by atoms with Gasteiger partial charge in [-0.1, -0.05) is 54.1 Å². The van der Waals surface area contributed by atoms with Crippen LogP contribution in [0.15, 0.2) is 60.7 Å². The summed E-state index contributed by atoms with van der Waals surface area (Å²) in [6, 6.07) is 20.3. The van der Waals surface area contributed by atoms with E-state index in [1.54, 1.807) is 0 Å². The molecule has 0 aliphatic rings. The number of H-pyrrole nitrogens is 1. The minimum Gasteiger partial charge on any atom is -0.338 e. The number of fused-ring (bicyclic) bond motifs is 2. The number of imidazole rings is 1.